The third-order valence-corrected chi connectivity index (χ3v) is 5.33. The van der Waals surface area contributed by atoms with Crippen molar-refractivity contribution in [3.63, 3.8) is 0 Å². The number of carbonyl (C=O) groups is 1. The summed E-state index contributed by atoms with van der Waals surface area (Å²) in [4.78, 5) is 20.8. The minimum absolute atomic E-state index is 0.293. The van der Waals surface area contributed by atoms with Crippen LogP contribution in [-0.4, -0.2) is 47.8 Å². The van der Waals surface area contributed by atoms with Crippen molar-refractivity contribution in [2.24, 2.45) is 0 Å². The van der Waals surface area contributed by atoms with Crippen molar-refractivity contribution in [1.29, 1.82) is 0 Å². The molecule has 0 saturated carbocycles. The number of nitrogens with zero attached hydrogens (tertiary/aromatic N) is 3. The van der Waals surface area contributed by atoms with Crippen LogP contribution >= 0.6 is 22.9 Å². The van der Waals surface area contributed by atoms with Gasteiger partial charge in [-0.15, -0.1) is 11.3 Å². The highest BCUT2D eigenvalue weighted by atomic mass is 35.5. The van der Waals surface area contributed by atoms with Gasteiger partial charge in [-0.25, -0.2) is 14.2 Å². The van der Waals surface area contributed by atoms with Crippen LogP contribution in [-0.2, 0) is 11.3 Å². The number of ether oxygens (including phenoxy) is 1. The topological polar surface area (TPSA) is 57.7 Å². The molecule has 152 valence electrons. The van der Waals surface area contributed by atoms with Crippen LogP contribution in [0.15, 0.2) is 24.4 Å². The molecule has 0 bridgehead atoms. The first-order valence-corrected chi connectivity index (χ1v) is 10.3. The highest BCUT2D eigenvalue weighted by Gasteiger charge is 2.27. The number of benzene rings is 1. The van der Waals surface area contributed by atoms with Gasteiger partial charge in [0.1, 0.15) is 11.4 Å². The summed E-state index contributed by atoms with van der Waals surface area (Å²) < 4.78 is 20.5. The molecule has 1 aromatic heterocycles. The molecule has 0 spiro atoms. The van der Waals surface area contributed by atoms with Crippen molar-refractivity contribution < 1.29 is 13.9 Å². The van der Waals surface area contributed by atoms with E-state index < -0.39 is 5.60 Å². The Kier molecular flexibility index (Phi) is 6.30. The molecule has 0 unspecified atom stereocenters. The molecule has 9 heteroatoms. The summed E-state index contributed by atoms with van der Waals surface area (Å²) in [5.41, 5.74) is 0.688. The summed E-state index contributed by atoms with van der Waals surface area (Å²) in [6, 6.07) is 4.98. The first-order chi connectivity index (χ1) is 13.2. The van der Waals surface area contributed by atoms with Gasteiger partial charge in [-0.1, -0.05) is 17.7 Å². The third-order valence-electron chi connectivity index (χ3n) is 4.21. The summed E-state index contributed by atoms with van der Waals surface area (Å²) in [6.07, 6.45) is 1.37. The molecule has 2 heterocycles. The maximum absolute atomic E-state index is 14.6. The van der Waals surface area contributed by atoms with E-state index in [0.29, 0.717) is 48.6 Å². The lowest BCUT2D eigenvalue weighted by Gasteiger charge is -2.37. The lowest BCUT2D eigenvalue weighted by molar-refractivity contribution is 0.0240. The number of anilines is 2. The van der Waals surface area contributed by atoms with E-state index in [1.54, 1.807) is 17.2 Å². The molecule has 1 fully saturated rings. The number of aromatic nitrogens is 1. The van der Waals surface area contributed by atoms with E-state index in [9.17, 15) is 9.18 Å². The van der Waals surface area contributed by atoms with Gasteiger partial charge in [0, 0.05) is 37.3 Å². The summed E-state index contributed by atoms with van der Waals surface area (Å²) >= 11 is 7.26. The second-order valence-electron chi connectivity index (χ2n) is 7.52. The Balaban J connectivity index is 1.66. The minimum atomic E-state index is -0.531. The lowest BCUT2D eigenvalue weighted by Crippen LogP contribution is -2.50. The second-order valence-corrected chi connectivity index (χ2v) is 9.22. The van der Waals surface area contributed by atoms with Crippen molar-refractivity contribution in [3.8, 4) is 0 Å². The third kappa shape index (κ3) is 5.26. The second kappa shape index (κ2) is 8.53. The molecule has 2 aromatic rings. The largest absolute Gasteiger partial charge is 0.444 e. The van der Waals surface area contributed by atoms with E-state index in [0.717, 1.165) is 4.88 Å². The number of rotatable bonds is 4. The SMILES string of the molecule is CC(C)(C)OC(=O)N1CCN(c2c(F)cccc2NCc2cnc(Cl)s2)CC1. The molecule has 1 N–H and O–H groups in total. The van der Waals surface area contributed by atoms with Crippen LogP contribution in [0.4, 0.5) is 20.6 Å². The van der Waals surface area contributed by atoms with Crippen LogP contribution in [0.2, 0.25) is 4.47 Å². The highest BCUT2D eigenvalue weighted by Crippen LogP contribution is 2.31. The van der Waals surface area contributed by atoms with E-state index in [1.807, 2.05) is 31.7 Å². The van der Waals surface area contributed by atoms with E-state index >= 15 is 0 Å². The van der Waals surface area contributed by atoms with Gasteiger partial charge in [0.2, 0.25) is 0 Å². The van der Waals surface area contributed by atoms with Crippen LogP contribution in [0.3, 0.4) is 0 Å². The summed E-state index contributed by atoms with van der Waals surface area (Å²) in [5, 5.41) is 3.27. The zero-order valence-electron chi connectivity index (χ0n) is 16.2. The minimum Gasteiger partial charge on any atom is -0.444 e. The van der Waals surface area contributed by atoms with Gasteiger partial charge in [0.25, 0.3) is 0 Å². The Morgan fingerprint density at radius 3 is 2.64 bits per heavy atom. The number of para-hydroxylation sites is 1. The molecule has 3 rings (SSSR count). The van der Waals surface area contributed by atoms with Crippen LogP contribution in [0.25, 0.3) is 0 Å². The van der Waals surface area contributed by atoms with Gasteiger partial charge < -0.3 is 19.9 Å². The smallest absolute Gasteiger partial charge is 0.410 e. The number of thiazole rings is 1. The van der Waals surface area contributed by atoms with Gasteiger partial charge in [-0.05, 0) is 32.9 Å². The molecule has 1 aliphatic rings. The summed E-state index contributed by atoms with van der Waals surface area (Å²) in [7, 11) is 0. The Bertz CT molecular complexity index is 832. The van der Waals surface area contributed by atoms with E-state index in [1.165, 1.54) is 17.4 Å². The Labute approximate surface area is 173 Å². The van der Waals surface area contributed by atoms with Gasteiger partial charge >= 0.3 is 6.09 Å². The molecule has 1 saturated heterocycles. The average Bonchev–Trinajstić information content (AvgIpc) is 3.04. The summed E-state index contributed by atoms with van der Waals surface area (Å²) in [5.74, 6) is -0.293. The first-order valence-electron chi connectivity index (χ1n) is 9.08. The first kappa shape index (κ1) is 20.7. The standard InChI is InChI=1S/C19H24ClFN4O2S/c1-19(2,3)27-18(26)25-9-7-24(8-10-25)16-14(21)5-4-6-15(16)22-11-13-12-23-17(20)28-13/h4-6,12,22H,7-11H2,1-3H3. The lowest BCUT2D eigenvalue weighted by atomic mass is 10.2. The molecule has 0 atom stereocenters. The van der Waals surface area contributed by atoms with Crippen molar-refractivity contribution >= 4 is 40.4 Å². The molecule has 1 aliphatic heterocycles. The van der Waals surface area contributed by atoms with Crippen LogP contribution in [0, 0.1) is 5.82 Å². The molecule has 0 radical (unpaired) electrons. The predicted octanol–water partition coefficient (Wildman–Crippen LogP) is 4.60. The zero-order valence-corrected chi connectivity index (χ0v) is 17.7. The normalized spacial score (nSPS) is 14.9. The maximum atomic E-state index is 14.6. The fraction of sp³-hybridized carbons (Fsp3) is 0.474. The molecular formula is C19H24ClFN4O2S. The number of nitrogens with one attached hydrogen (secondary N) is 1. The molecule has 6 nitrogen and oxygen atoms in total. The van der Waals surface area contributed by atoms with Gasteiger partial charge in [-0.2, -0.15) is 0 Å². The van der Waals surface area contributed by atoms with Gasteiger partial charge in [0.05, 0.1) is 17.9 Å². The number of halogens is 2. The maximum Gasteiger partial charge on any atom is 0.410 e. The van der Waals surface area contributed by atoms with Crippen molar-refractivity contribution in [1.82, 2.24) is 9.88 Å². The van der Waals surface area contributed by atoms with Crippen LogP contribution < -0.4 is 10.2 Å². The van der Waals surface area contributed by atoms with Gasteiger partial charge in [0.15, 0.2) is 4.47 Å². The molecule has 1 aromatic carbocycles. The number of hydrogen-bond donors (Lipinski definition) is 1. The quantitative estimate of drug-likeness (QED) is 0.773. The van der Waals surface area contributed by atoms with Crippen LogP contribution in [0.5, 0.6) is 0 Å². The molecule has 28 heavy (non-hydrogen) atoms. The van der Waals surface area contributed by atoms with E-state index in [2.05, 4.69) is 10.3 Å². The number of piperazine rings is 1. The number of carbonyl (C=O) groups excluding carboxylic acids is 1. The fourth-order valence-corrected chi connectivity index (χ4v) is 3.88. The van der Waals surface area contributed by atoms with Crippen molar-refractivity contribution in [2.45, 2.75) is 32.9 Å². The monoisotopic (exact) mass is 426 g/mol. The zero-order chi connectivity index (χ0) is 20.3. The van der Waals surface area contributed by atoms with Crippen molar-refractivity contribution in [2.75, 3.05) is 36.4 Å². The van der Waals surface area contributed by atoms with Crippen LogP contribution in [0.1, 0.15) is 25.6 Å². The summed E-state index contributed by atoms with van der Waals surface area (Å²) in [6.45, 7) is 8.06. The Morgan fingerprint density at radius 1 is 1.32 bits per heavy atom. The van der Waals surface area contributed by atoms with Crippen molar-refractivity contribution in [3.05, 3.63) is 39.6 Å². The predicted molar refractivity (Wildman–Crippen MR) is 111 cm³/mol. The fourth-order valence-electron chi connectivity index (χ4n) is 2.97. The highest BCUT2D eigenvalue weighted by molar-refractivity contribution is 7.15. The number of amides is 1. The van der Waals surface area contributed by atoms with E-state index in [4.69, 9.17) is 16.3 Å². The molecular weight excluding hydrogens is 403 g/mol. The van der Waals surface area contributed by atoms with E-state index in [-0.39, 0.29) is 11.9 Å². The molecule has 0 aliphatic carbocycles. The number of hydrogen-bond acceptors (Lipinski definition) is 6. The average molecular weight is 427 g/mol. The Hall–Kier alpha value is -2.06. The van der Waals surface area contributed by atoms with Gasteiger partial charge in [-0.3, -0.25) is 0 Å². The molecule has 1 amide bonds. The Morgan fingerprint density at radius 2 is 2.04 bits per heavy atom.